The van der Waals surface area contributed by atoms with E-state index < -0.39 is 48.0 Å². The van der Waals surface area contributed by atoms with Crippen LogP contribution in [0.25, 0.3) is 11.1 Å². The number of benzene rings is 2. The largest absolute Gasteiger partial charge is 0.460 e. The second-order valence-corrected chi connectivity index (χ2v) is 8.47. The standard InChI is InChI=1S/C21H15F13S/c22-16(23,17(24,25)18(26,27)19(28,29)20(30,31)21(32,33)34)9-10-35-12-13-5-4-8-15(11-13)14-6-2-1-3-7-14/h1-8,11H,9-10,12H2. The van der Waals surface area contributed by atoms with Crippen molar-refractivity contribution in [3.8, 4) is 11.1 Å². The molecule has 0 aliphatic heterocycles. The highest BCUT2D eigenvalue weighted by Gasteiger charge is 2.90. The van der Waals surface area contributed by atoms with Crippen molar-refractivity contribution in [1.29, 1.82) is 0 Å². The van der Waals surface area contributed by atoms with Gasteiger partial charge in [0.2, 0.25) is 0 Å². The maximum atomic E-state index is 13.8. The molecule has 0 bridgehead atoms. The summed E-state index contributed by atoms with van der Waals surface area (Å²) in [5.41, 5.74) is 1.98. The predicted molar refractivity (Wildman–Crippen MR) is 103 cm³/mol. The molecule has 0 radical (unpaired) electrons. The predicted octanol–water partition coefficient (Wildman–Crippen LogP) is 8.72. The van der Waals surface area contributed by atoms with Crippen molar-refractivity contribution in [3.05, 3.63) is 60.2 Å². The van der Waals surface area contributed by atoms with E-state index in [2.05, 4.69) is 0 Å². The molecule has 2 aromatic carbocycles. The zero-order chi connectivity index (χ0) is 26.9. The molecular weight excluding hydrogens is 531 g/mol. The van der Waals surface area contributed by atoms with Crippen LogP contribution in [0.2, 0.25) is 0 Å². The number of hydrogen-bond acceptors (Lipinski definition) is 1. The van der Waals surface area contributed by atoms with Gasteiger partial charge in [0.15, 0.2) is 0 Å². The zero-order valence-electron chi connectivity index (χ0n) is 17.1. The molecular formula is C21H15F13S. The van der Waals surface area contributed by atoms with Crippen molar-refractivity contribution in [3.63, 3.8) is 0 Å². The van der Waals surface area contributed by atoms with E-state index in [-0.39, 0.29) is 5.75 Å². The molecule has 0 atom stereocenters. The molecule has 0 heterocycles. The van der Waals surface area contributed by atoms with E-state index >= 15 is 0 Å². The van der Waals surface area contributed by atoms with Crippen LogP contribution in [-0.2, 0) is 5.75 Å². The van der Waals surface area contributed by atoms with Crippen molar-refractivity contribution < 1.29 is 57.1 Å². The van der Waals surface area contributed by atoms with Gasteiger partial charge in [0.25, 0.3) is 0 Å². The van der Waals surface area contributed by atoms with Crippen LogP contribution in [0.1, 0.15) is 12.0 Å². The number of thioether (sulfide) groups is 1. The molecule has 0 unspecified atom stereocenters. The molecule has 0 nitrogen and oxygen atoms in total. The summed E-state index contributed by atoms with van der Waals surface area (Å²) >= 11 is 0.507. The summed E-state index contributed by atoms with van der Waals surface area (Å²) in [5.74, 6) is -37.7. The Kier molecular flexibility index (Phi) is 8.10. The third-order valence-corrected chi connectivity index (χ3v) is 5.89. The molecule has 35 heavy (non-hydrogen) atoms. The van der Waals surface area contributed by atoms with Crippen LogP contribution in [0.5, 0.6) is 0 Å². The van der Waals surface area contributed by atoms with Crippen molar-refractivity contribution in [1.82, 2.24) is 0 Å². The maximum Gasteiger partial charge on any atom is 0.460 e. The summed E-state index contributed by atoms with van der Waals surface area (Å²) in [4.78, 5) is 0. The second kappa shape index (κ2) is 9.74. The molecule has 0 amide bonds. The summed E-state index contributed by atoms with van der Waals surface area (Å²) in [6, 6.07) is 15.2. The normalized spacial score (nSPS) is 14.3. The molecule has 0 saturated heterocycles. The summed E-state index contributed by atoms with van der Waals surface area (Å²) in [5, 5.41) is 0. The second-order valence-electron chi connectivity index (χ2n) is 7.37. The van der Waals surface area contributed by atoms with Gasteiger partial charge in [0, 0.05) is 12.2 Å². The third kappa shape index (κ3) is 5.36. The highest BCUT2D eigenvalue weighted by atomic mass is 32.2. The minimum absolute atomic E-state index is 0.110. The van der Waals surface area contributed by atoms with Gasteiger partial charge >= 0.3 is 35.8 Å². The van der Waals surface area contributed by atoms with Crippen molar-refractivity contribution >= 4 is 11.8 Å². The quantitative estimate of drug-likeness (QED) is 0.212. The van der Waals surface area contributed by atoms with Gasteiger partial charge in [-0.05, 0) is 22.4 Å². The molecule has 0 fully saturated rings. The van der Waals surface area contributed by atoms with Crippen LogP contribution < -0.4 is 0 Å². The van der Waals surface area contributed by atoms with Gasteiger partial charge in [-0.3, -0.25) is 0 Å². The minimum atomic E-state index is -7.86. The van der Waals surface area contributed by atoms with Crippen LogP contribution in [0.15, 0.2) is 54.6 Å². The highest BCUT2D eigenvalue weighted by Crippen LogP contribution is 2.60. The average Bonchev–Trinajstić information content (AvgIpc) is 2.76. The van der Waals surface area contributed by atoms with Crippen LogP contribution in [0.3, 0.4) is 0 Å². The van der Waals surface area contributed by atoms with Gasteiger partial charge in [0.1, 0.15) is 0 Å². The fraction of sp³-hybridized carbons (Fsp3) is 0.429. The van der Waals surface area contributed by atoms with E-state index in [0.29, 0.717) is 22.9 Å². The SMILES string of the molecule is FC(F)(F)C(F)(F)C(F)(F)C(F)(F)C(F)(F)C(F)(F)CCSCc1cccc(-c2ccccc2)c1. The average molecular weight is 546 g/mol. The Labute approximate surface area is 194 Å². The van der Waals surface area contributed by atoms with Gasteiger partial charge in [-0.1, -0.05) is 54.6 Å². The highest BCUT2D eigenvalue weighted by molar-refractivity contribution is 7.98. The van der Waals surface area contributed by atoms with E-state index in [0.717, 1.165) is 5.56 Å². The molecule has 0 spiro atoms. The molecule has 0 aliphatic carbocycles. The van der Waals surface area contributed by atoms with E-state index in [4.69, 9.17) is 0 Å². The van der Waals surface area contributed by atoms with Crippen molar-refractivity contribution in [2.24, 2.45) is 0 Å². The van der Waals surface area contributed by atoms with E-state index in [9.17, 15) is 57.1 Å². The summed E-state index contributed by atoms with van der Waals surface area (Å²) in [7, 11) is 0. The molecule has 14 heteroatoms. The zero-order valence-corrected chi connectivity index (χ0v) is 18.0. The molecule has 0 N–H and O–H groups in total. The Hall–Kier alpha value is -2.12. The Bertz CT molecular complexity index is 984. The van der Waals surface area contributed by atoms with E-state index in [1.54, 1.807) is 48.5 Å². The molecule has 2 aromatic rings. The monoisotopic (exact) mass is 546 g/mol. The molecule has 0 saturated carbocycles. The Morgan fingerprint density at radius 2 is 1.06 bits per heavy atom. The van der Waals surface area contributed by atoms with Gasteiger partial charge in [-0.15, -0.1) is 0 Å². The first kappa shape index (κ1) is 29.1. The Morgan fingerprint density at radius 1 is 0.543 bits per heavy atom. The van der Waals surface area contributed by atoms with Gasteiger partial charge < -0.3 is 0 Å². The maximum absolute atomic E-state index is 13.8. The van der Waals surface area contributed by atoms with Gasteiger partial charge in [0.05, 0.1) is 0 Å². The fourth-order valence-corrected chi connectivity index (χ4v) is 3.78. The summed E-state index contributed by atoms with van der Waals surface area (Å²) < 4.78 is 171. The van der Waals surface area contributed by atoms with Crippen LogP contribution in [-0.4, -0.2) is 41.5 Å². The molecule has 0 aromatic heterocycles. The van der Waals surface area contributed by atoms with Crippen molar-refractivity contribution in [2.75, 3.05) is 5.75 Å². The lowest BCUT2D eigenvalue weighted by Gasteiger charge is -2.39. The van der Waals surface area contributed by atoms with Crippen LogP contribution >= 0.6 is 11.8 Å². The molecule has 2 rings (SSSR count). The Balaban J connectivity index is 2.11. The topological polar surface area (TPSA) is 0 Å². The number of rotatable bonds is 10. The fourth-order valence-electron chi connectivity index (χ4n) is 2.82. The van der Waals surface area contributed by atoms with E-state index in [1.165, 1.54) is 6.07 Å². The lowest BCUT2D eigenvalue weighted by molar-refractivity contribution is -0.439. The first-order valence-electron chi connectivity index (χ1n) is 9.47. The van der Waals surface area contributed by atoms with Crippen LogP contribution in [0, 0.1) is 0 Å². The summed E-state index contributed by atoms with van der Waals surface area (Å²) in [6.45, 7) is 0. The number of halogens is 13. The number of alkyl halides is 13. The Morgan fingerprint density at radius 3 is 1.60 bits per heavy atom. The first-order chi connectivity index (χ1) is 15.8. The lowest BCUT2D eigenvalue weighted by atomic mass is 9.93. The smallest absolute Gasteiger partial charge is 0.200 e. The van der Waals surface area contributed by atoms with Crippen molar-refractivity contribution in [2.45, 2.75) is 48.0 Å². The molecule has 0 aliphatic rings. The minimum Gasteiger partial charge on any atom is -0.200 e. The molecule has 196 valence electrons. The number of hydrogen-bond donors (Lipinski definition) is 0. The third-order valence-electron chi connectivity index (χ3n) is 4.86. The summed E-state index contributed by atoms with van der Waals surface area (Å²) in [6.07, 6.45) is -9.61. The van der Waals surface area contributed by atoms with Crippen LogP contribution in [0.4, 0.5) is 57.1 Å². The lowest BCUT2D eigenvalue weighted by Crippen LogP contribution is -2.70. The van der Waals surface area contributed by atoms with E-state index in [1.807, 2.05) is 0 Å². The van der Waals surface area contributed by atoms with Gasteiger partial charge in [-0.25, -0.2) is 0 Å². The van der Waals surface area contributed by atoms with Gasteiger partial charge in [-0.2, -0.15) is 68.8 Å². The first-order valence-corrected chi connectivity index (χ1v) is 10.6.